The van der Waals surface area contributed by atoms with E-state index in [2.05, 4.69) is 5.32 Å². The van der Waals surface area contributed by atoms with Gasteiger partial charge in [-0.15, -0.1) is 0 Å². The van der Waals surface area contributed by atoms with Gasteiger partial charge in [0, 0.05) is 17.2 Å². The molecule has 2 aromatic rings. The molecule has 0 aliphatic rings. The molecule has 0 heterocycles. The number of nitrogens with one attached hydrogen (secondary N) is 1. The summed E-state index contributed by atoms with van der Waals surface area (Å²) in [6, 6.07) is 11.4. The lowest BCUT2D eigenvalue weighted by molar-refractivity contribution is -0.137. The van der Waals surface area contributed by atoms with Crippen molar-refractivity contribution in [1.29, 1.82) is 0 Å². The molecule has 2 rings (SSSR count). The molecule has 5 heteroatoms. The molecule has 0 bridgehead atoms. The van der Waals surface area contributed by atoms with Gasteiger partial charge >= 0.3 is 5.97 Å². The fourth-order valence-electron chi connectivity index (χ4n) is 2.53. The quantitative estimate of drug-likeness (QED) is 0.792. The number of carboxylic acid groups (broad SMARTS) is 1. The molecule has 25 heavy (non-hydrogen) atoms. The lowest BCUT2D eigenvalue weighted by atomic mass is 9.95. The lowest BCUT2D eigenvalue weighted by Gasteiger charge is -2.14. The fraction of sp³-hybridized carbons (Fsp3) is 0.250. The smallest absolute Gasteiger partial charge is 0.305 e. The maximum absolute atomic E-state index is 12.8. The van der Waals surface area contributed by atoms with Crippen LogP contribution in [0.2, 0.25) is 0 Å². The van der Waals surface area contributed by atoms with Crippen molar-refractivity contribution in [2.24, 2.45) is 0 Å². The van der Waals surface area contributed by atoms with Crippen LogP contribution < -0.4 is 5.32 Å². The molecule has 1 amide bonds. The Kier molecular flexibility index (Phi) is 5.70. The van der Waals surface area contributed by atoms with E-state index in [0.717, 1.165) is 11.1 Å². The Morgan fingerprint density at radius 1 is 1.00 bits per heavy atom. The second-order valence-corrected chi connectivity index (χ2v) is 6.15. The third-order valence-corrected chi connectivity index (χ3v) is 4.04. The Morgan fingerprint density at radius 3 is 2.24 bits per heavy atom. The second kappa shape index (κ2) is 7.75. The summed E-state index contributed by atoms with van der Waals surface area (Å²) in [5, 5.41) is 11.4. The van der Waals surface area contributed by atoms with Gasteiger partial charge in [-0.3, -0.25) is 14.4 Å². The number of aryl methyl sites for hydroxylation is 2. The van der Waals surface area contributed by atoms with Crippen molar-refractivity contribution in [1.82, 2.24) is 5.32 Å². The number of rotatable bonds is 6. The highest BCUT2D eigenvalue weighted by Crippen LogP contribution is 2.17. The summed E-state index contributed by atoms with van der Waals surface area (Å²) in [7, 11) is 0. The molecule has 2 N–H and O–H groups in total. The molecule has 0 saturated carbocycles. The van der Waals surface area contributed by atoms with Crippen molar-refractivity contribution in [2.45, 2.75) is 33.2 Å². The summed E-state index contributed by atoms with van der Waals surface area (Å²) in [4.78, 5) is 36.0. The van der Waals surface area contributed by atoms with E-state index < -0.39 is 17.9 Å². The minimum absolute atomic E-state index is 0.182. The molecule has 1 atom stereocenters. The van der Waals surface area contributed by atoms with Crippen LogP contribution in [0.5, 0.6) is 0 Å². The Balaban J connectivity index is 2.30. The van der Waals surface area contributed by atoms with E-state index in [1.165, 1.54) is 0 Å². The standard InChI is InChI=1S/C20H21NO4/c1-12-8-9-15(10-13(12)2)19(24)16-6-4-5-7-17(16)20(25)21-14(3)11-18(22)23/h4-10,14H,11H2,1-3H3,(H,21,25)(H,22,23). The van der Waals surface area contributed by atoms with Gasteiger partial charge in [0.15, 0.2) is 5.78 Å². The largest absolute Gasteiger partial charge is 0.481 e. The highest BCUT2D eigenvalue weighted by molar-refractivity contribution is 6.15. The highest BCUT2D eigenvalue weighted by atomic mass is 16.4. The van der Waals surface area contributed by atoms with Crippen LogP contribution in [-0.4, -0.2) is 28.8 Å². The molecule has 2 aromatic carbocycles. The molecular weight excluding hydrogens is 318 g/mol. The minimum Gasteiger partial charge on any atom is -0.481 e. The summed E-state index contributed by atoms with van der Waals surface area (Å²) in [6.07, 6.45) is -0.182. The zero-order chi connectivity index (χ0) is 18.6. The minimum atomic E-state index is -0.993. The number of hydrogen-bond acceptors (Lipinski definition) is 3. The van der Waals surface area contributed by atoms with Gasteiger partial charge in [0.1, 0.15) is 0 Å². The van der Waals surface area contributed by atoms with Gasteiger partial charge in [0.2, 0.25) is 0 Å². The van der Waals surface area contributed by atoms with Crippen LogP contribution in [0.1, 0.15) is 50.8 Å². The Morgan fingerprint density at radius 2 is 1.64 bits per heavy atom. The Hall–Kier alpha value is -2.95. The molecule has 0 aliphatic heterocycles. The molecule has 0 aliphatic carbocycles. The van der Waals surface area contributed by atoms with Crippen LogP contribution in [0.15, 0.2) is 42.5 Å². The van der Waals surface area contributed by atoms with Gasteiger partial charge in [-0.25, -0.2) is 0 Å². The summed E-state index contributed by atoms with van der Waals surface area (Å²) < 4.78 is 0. The van der Waals surface area contributed by atoms with Crippen molar-refractivity contribution < 1.29 is 19.5 Å². The third-order valence-electron chi connectivity index (χ3n) is 4.04. The highest BCUT2D eigenvalue weighted by Gasteiger charge is 2.20. The van der Waals surface area contributed by atoms with E-state index >= 15 is 0 Å². The lowest BCUT2D eigenvalue weighted by Crippen LogP contribution is -2.35. The average molecular weight is 339 g/mol. The summed E-state index contributed by atoms with van der Waals surface area (Å²) in [6.45, 7) is 5.51. The molecule has 130 valence electrons. The first-order valence-corrected chi connectivity index (χ1v) is 8.03. The van der Waals surface area contributed by atoms with Crippen LogP contribution in [0.3, 0.4) is 0 Å². The summed E-state index contributed by atoms with van der Waals surface area (Å²) in [5.41, 5.74) is 3.14. The predicted molar refractivity (Wildman–Crippen MR) is 95.0 cm³/mol. The number of hydrogen-bond donors (Lipinski definition) is 2. The van der Waals surface area contributed by atoms with Crippen molar-refractivity contribution in [3.05, 3.63) is 70.3 Å². The van der Waals surface area contributed by atoms with Gasteiger partial charge in [0.25, 0.3) is 5.91 Å². The molecule has 0 aromatic heterocycles. The number of carbonyl (C=O) groups excluding carboxylic acids is 2. The molecule has 1 unspecified atom stereocenters. The van der Waals surface area contributed by atoms with Crippen molar-refractivity contribution in [3.63, 3.8) is 0 Å². The topological polar surface area (TPSA) is 83.5 Å². The summed E-state index contributed by atoms with van der Waals surface area (Å²) in [5.74, 6) is -1.69. The number of benzene rings is 2. The Labute approximate surface area is 146 Å². The first-order valence-electron chi connectivity index (χ1n) is 8.03. The van der Waals surface area contributed by atoms with E-state index in [1.807, 2.05) is 19.9 Å². The zero-order valence-electron chi connectivity index (χ0n) is 14.5. The first-order chi connectivity index (χ1) is 11.8. The maximum atomic E-state index is 12.8. The van der Waals surface area contributed by atoms with E-state index in [1.54, 1.807) is 43.3 Å². The van der Waals surface area contributed by atoms with Crippen LogP contribution >= 0.6 is 0 Å². The van der Waals surface area contributed by atoms with Gasteiger partial charge < -0.3 is 10.4 Å². The van der Waals surface area contributed by atoms with Crippen molar-refractivity contribution in [3.8, 4) is 0 Å². The first kappa shape index (κ1) is 18.4. The maximum Gasteiger partial charge on any atom is 0.305 e. The second-order valence-electron chi connectivity index (χ2n) is 6.15. The van der Waals surface area contributed by atoms with Crippen LogP contribution in [0.25, 0.3) is 0 Å². The Bertz CT molecular complexity index is 826. The molecule has 0 saturated heterocycles. The normalized spacial score (nSPS) is 11.6. The van der Waals surface area contributed by atoms with E-state index in [-0.39, 0.29) is 17.8 Å². The van der Waals surface area contributed by atoms with Crippen molar-refractivity contribution in [2.75, 3.05) is 0 Å². The monoisotopic (exact) mass is 339 g/mol. The molecular formula is C20H21NO4. The molecule has 0 radical (unpaired) electrons. The van der Waals surface area contributed by atoms with Crippen LogP contribution in [-0.2, 0) is 4.79 Å². The van der Waals surface area contributed by atoms with Gasteiger partial charge in [-0.1, -0.05) is 30.3 Å². The SMILES string of the molecule is Cc1ccc(C(=O)c2ccccc2C(=O)NC(C)CC(=O)O)cc1C. The van der Waals surface area contributed by atoms with Gasteiger partial charge in [-0.2, -0.15) is 0 Å². The molecule has 5 nitrogen and oxygen atoms in total. The number of amides is 1. The van der Waals surface area contributed by atoms with Crippen molar-refractivity contribution >= 4 is 17.7 Å². The van der Waals surface area contributed by atoms with E-state index in [4.69, 9.17) is 5.11 Å². The summed E-state index contributed by atoms with van der Waals surface area (Å²) >= 11 is 0. The van der Waals surface area contributed by atoms with Crippen LogP contribution in [0.4, 0.5) is 0 Å². The fourth-order valence-corrected chi connectivity index (χ4v) is 2.53. The number of ketones is 1. The average Bonchev–Trinajstić information content (AvgIpc) is 2.55. The zero-order valence-corrected chi connectivity index (χ0v) is 14.5. The predicted octanol–water partition coefficient (Wildman–Crippen LogP) is 3.13. The molecule has 0 fully saturated rings. The number of carboxylic acids is 1. The van der Waals surface area contributed by atoms with Gasteiger partial charge in [0.05, 0.1) is 12.0 Å². The molecule has 0 spiro atoms. The van der Waals surface area contributed by atoms with E-state index in [0.29, 0.717) is 11.1 Å². The third kappa shape index (κ3) is 4.53. The number of carbonyl (C=O) groups is 3. The van der Waals surface area contributed by atoms with Crippen LogP contribution in [0, 0.1) is 13.8 Å². The van der Waals surface area contributed by atoms with E-state index in [9.17, 15) is 14.4 Å². The van der Waals surface area contributed by atoms with Gasteiger partial charge in [-0.05, 0) is 44.0 Å². The number of aliphatic carboxylic acids is 1.